The second kappa shape index (κ2) is 8.74. The smallest absolute Gasteiger partial charge is 0.325 e. The first-order chi connectivity index (χ1) is 14.9. The minimum atomic E-state index is -4.21. The predicted molar refractivity (Wildman–Crippen MR) is 121 cm³/mol. The summed E-state index contributed by atoms with van der Waals surface area (Å²) in [6.45, 7) is 4.25. The number of thiophene rings is 1. The highest BCUT2D eigenvalue weighted by atomic mass is 32.2. The maximum absolute atomic E-state index is 14.0. The topological polar surface area (TPSA) is 104 Å². The van der Waals surface area contributed by atoms with Gasteiger partial charge in [-0.3, -0.25) is 4.79 Å². The van der Waals surface area contributed by atoms with Crippen LogP contribution in [0.2, 0.25) is 0 Å². The van der Waals surface area contributed by atoms with E-state index in [0.29, 0.717) is 16.0 Å². The molecule has 170 valence electrons. The van der Waals surface area contributed by atoms with E-state index in [1.807, 2.05) is 0 Å². The molecule has 0 saturated carbocycles. The van der Waals surface area contributed by atoms with Gasteiger partial charge in [0.2, 0.25) is 0 Å². The van der Waals surface area contributed by atoms with Crippen LogP contribution in [-0.2, 0) is 26.8 Å². The summed E-state index contributed by atoms with van der Waals surface area (Å²) in [5.74, 6) is -1.91. The summed E-state index contributed by atoms with van der Waals surface area (Å²) in [5, 5.41) is 19.1. The molecule has 0 saturated heterocycles. The first-order valence-electron chi connectivity index (χ1n) is 9.75. The summed E-state index contributed by atoms with van der Waals surface area (Å²) in [5.41, 5.74) is -1.68. The van der Waals surface area contributed by atoms with Gasteiger partial charge in [0.1, 0.15) is 15.6 Å². The molecule has 2 aromatic carbocycles. The number of carbonyl (C=O) groups is 1. The van der Waals surface area contributed by atoms with Crippen molar-refractivity contribution >= 4 is 27.3 Å². The van der Waals surface area contributed by atoms with Gasteiger partial charge in [-0.1, -0.05) is 56.3 Å². The molecule has 32 heavy (non-hydrogen) atoms. The van der Waals surface area contributed by atoms with Crippen LogP contribution in [0.1, 0.15) is 31.9 Å². The quantitative estimate of drug-likeness (QED) is 0.452. The highest BCUT2D eigenvalue weighted by Gasteiger charge is 2.51. The molecule has 0 amide bonds. The highest BCUT2D eigenvalue weighted by molar-refractivity contribution is 7.91. The van der Waals surface area contributed by atoms with Crippen LogP contribution >= 0.6 is 11.3 Å². The van der Waals surface area contributed by atoms with Crippen LogP contribution in [0.4, 0.5) is 4.39 Å². The SMILES string of the molecule is CC(C)(c1ccccc1)[C@](C)(NS(=O)(=O)c1ccc(-c2ccc(CO)c(F)c2)s1)C(=O)O. The van der Waals surface area contributed by atoms with Gasteiger partial charge in [-0.25, -0.2) is 12.8 Å². The van der Waals surface area contributed by atoms with Crippen LogP contribution in [0, 0.1) is 5.82 Å². The van der Waals surface area contributed by atoms with Crippen LogP contribution in [0.5, 0.6) is 0 Å². The van der Waals surface area contributed by atoms with Crippen molar-refractivity contribution < 1.29 is 27.8 Å². The number of hydrogen-bond donors (Lipinski definition) is 3. The molecular formula is C23H24FNO5S2. The fourth-order valence-corrected chi connectivity index (χ4v) is 6.14. The molecule has 3 aromatic rings. The number of hydrogen-bond acceptors (Lipinski definition) is 5. The summed E-state index contributed by atoms with van der Waals surface area (Å²) in [6.07, 6.45) is 0. The zero-order chi connectivity index (χ0) is 23.7. The normalized spacial score (nSPS) is 14.2. The summed E-state index contributed by atoms with van der Waals surface area (Å²) >= 11 is 0.901. The fraction of sp³-hybridized carbons (Fsp3) is 0.261. The number of aliphatic hydroxyl groups excluding tert-OH is 1. The van der Waals surface area contributed by atoms with Crippen molar-refractivity contribution in [3.8, 4) is 10.4 Å². The van der Waals surface area contributed by atoms with E-state index in [1.54, 1.807) is 50.2 Å². The third-order valence-electron chi connectivity index (χ3n) is 5.87. The van der Waals surface area contributed by atoms with Crippen molar-refractivity contribution in [2.45, 2.75) is 42.5 Å². The van der Waals surface area contributed by atoms with Crippen molar-refractivity contribution in [1.82, 2.24) is 4.72 Å². The Bertz CT molecular complexity index is 1240. The largest absolute Gasteiger partial charge is 0.480 e. The number of sulfonamides is 1. The standard InChI is InChI=1S/C23H24FNO5S2/c1-22(2,17-7-5-4-6-8-17)23(3,21(27)28)25-32(29,30)20-12-11-19(31-20)15-9-10-16(14-26)18(24)13-15/h4-13,25-26H,14H2,1-3H3,(H,27,28)/t23-/m1/s1. The van der Waals surface area contributed by atoms with Gasteiger partial charge >= 0.3 is 5.97 Å². The van der Waals surface area contributed by atoms with Gasteiger partial charge in [-0.15, -0.1) is 11.3 Å². The highest BCUT2D eigenvalue weighted by Crippen LogP contribution is 2.38. The van der Waals surface area contributed by atoms with Crippen LogP contribution < -0.4 is 4.72 Å². The molecule has 0 aliphatic heterocycles. The van der Waals surface area contributed by atoms with Gasteiger partial charge < -0.3 is 10.2 Å². The van der Waals surface area contributed by atoms with Crippen molar-refractivity contribution in [3.05, 3.63) is 77.6 Å². The maximum Gasteiger partial charge on any atom is 0.325 e. The van der Waals surface area contributed by atoms with Gasteiger partial charge in [0, 0.05) is 15.9 Å². The van der Waals surface area contributed by atoms with Gasteiger partial charge in [0.15, 0.2) is 0 Å². The number of carboxylic acid groups (broad SMARTS) is 1. The van der Waals surface area contributed by atoms with E-state index in [-0.39, 0.29) is 9.77 Å². The van der Waals surface area contributed by atoms with Gasteiger partial charge in [0.25, 0.3) is 10.0 Å². The molecule has 3 N–H and O–H groups in total. The molecule has 1 atom stereocenters. The van der Waals surface area contributed by atoms with E-state index in [9.17, 15) is 22.7 Å². The zero-order valence-electron chi connectivity index (χ0n) is 17.8. The van der Waals surface area contributed by atoms with E-state index in [2.05, 4.69) is 4.72 Å². The zero-order valence-corrected chi connectivity index (χ0v) is 19.4. The Morgan fingerprint density at radius 1 is 1.06 bits per heavy atom. The van der Waals surface area contributed by atoms with Gasteiger partial charge in [0.05, 0.1) is 6.61 Å². The van der Waals surface area contributed by atoms with E-state index in [4.69, 9.17) is 5.11 Å². The van der Waals surface area contributed by atoms with E-state index < -0.39 is 39.4 Å². The van der Waals surface area contributed by atoms with E-state index in [1.165, 1.54) is 31.2 Å². The number of benzene rings is 2. The molecule has 0 aliphatic carbocycles. The number of carboxylic acids is 1. The predicted octanol–water partition coefficient (Wildman–Crippen LogP) is 4.15. The molecule has 0 fully saturated rings. The molecule has 0 spiro atoms. The molecule has 0 aliphatic rings. The Hall–Kier alpha value is -2.59. The van der Waals surface area contributed by atoms with Gasteiger partial charge in [-0.2, -0.15) is 4.72 Å². The third kappa shape index (κ3) is 4.33. The van der Waals surface area contributed by atoms with E-state index >= 15 is 0 Å². The Morgan fingerprint density at radius 2 is 1.72 bits per heavy atom. The summed E-state index contributed by atoms with van der Waals surface area (Å²) in [4.78, 5) is 12.8. The minimum Gasteiger partial charge on any atom is -0.480 e. The molecular weight excluding hydrogens is 453 g/mol. The van der Waals surface area contributed by atoms with Crippen molar-refractivity contribution in [2.75, 3.05) is 0 Å². The first kappa shape index (κ1) is 24.1. The summed E-state index contributed by atoms with van der Waals surface area (Å²) < 4.78 is 42.7. The second-order valence-corrected chi connectivity index (χ2v) is 11.1. The van der Waals surface area contributed by atoms with Gasteiger partial charge in [-0.05, 0) is 36.2 Å². The van der Waals surface area contributed by atoms with Crippen LogP contribution in [0.25, 0.3) is 10.4 Å². The minimum absolute atomic E-state index is 0.0875. The maximum atomic E-state index is 14.0. The fourth-order valence-electron chi connectivity index (χ4n) is 3.35. The molecule has 0 bridgehead atoms. The van der Waals surface area contributed by atoms with E-state index in [0.717, 1.165) is 11.3 Å². The number of rotatable bonds is 8. The lowest BCUT2D eigenvalue weighted by Gasteiger charge is -2.41. The lowest BCUT2D eigenvalue weighted by atomic mass is 9.69. The third-order valence-corrected chi connectivity index (χ3v) is 9.05. The molecule has 6 nitrogen and oxygen atoms in total. The Balaban J connectivity index is 1.97. The molecule has 1 heterocycles. The summed E-state index contributed by atoms with van der Waals surface area (Å²) in [6, 6.07) is 16.0. The average Bonchev–Trinajstić information content (AvgIpc) is 3.25. The number of aliphatic hydroxyl groups is 1. The molecule has 1 aromatic heterocycles. The van der Waals surface area contributed by atoms with Crippen molar-refractivity contribution in [3.63, 3.8) is 0 Å². The lowest BCUT2D eigenvalue weighted by Crippen LogP contribution is -2.62. The number of nitrogens with one attached hydrogen (secondary N) is 1. The Kier molecular flexibility index (Phi) is 6.57. The molecule has 9 heteroatoms. The van der Waals surface area contributed by atoms with Crippen molar-refractivity contribution in [1.29, 1.82) is 0 Å². The molecule has 0 unspecified atom stereocenters. The Morgan fingerprint density at radius 3 is 2.28 bits per heavy atom. The molecule has 0 radical (unpaired) electrons. The van der Waals surface area contributed by atoms with Crippen LogP contribution in [0.3, 0.4) is 0 Å². The Labute approximate surface area is 190 Å². The first-order valence-corrected chi connectivity index (χ1v) is 12.0. The van der Waals surface area contributed by atoms with Crippen LogP contribution in [-0.4, -0.2) is 30.1 Å². The number of aliphatic carboxylic acids is 1. The second-order valence-electron chi connectivity index (χ2n) is 8.11. The average molecular weight is 478 g/mol. The van der Waals surface area contributed by atoms with Crippen molar-refractivity contribution in [2.24, 2.45) is 0 Å². The van der Waals surface area contributed by atoms with Crippen LogP contribution in [0.15, 0.2) is 64.9 Å². The summed E-state index contributed by atoms with van der Waals surface area (Å²) in [7, 11) is -4.21. The monoisotopic (exact) mass is 477 g/mol. The lowest BCUT2D eigenvalue weighted by molar-refractivity contribution is -0.146. The number of halogens is 1. The molecule has 3 rings (SSSR count).